The minimum Gasteiger partial charge on any atom is -0.384 e. The summed E-state index contributed by atoms with van der Waals surface area (Å²) >= 11 is 0. The van der Waals surface area contributed by atoms with E-state index in [0.717, 1.165) is 6.42 Å². The van der Waals surface area contributed by atoms with E-state index >= 15 is 0 Å². The van der Waals surface area contributed by atoms with Gasteiger partial charge < -0.3 is 16.4 Å². The molecule has 112 valence electrons. The van der Waals surface area contributed by atoms with Crippen LogP contribution >= 0.6 is 0 Å². The first kappa shape index (κ1) is 16.0. The second-order valence-electron chi connectivity index (χ2n) is 4.03. The largest absolute Gasteiger partial charge is 0.451 e. The highest BCUT2D eigenvalue weighted by Crippen LogP contribution is 2.27. The van der Waals surface area contributed by atoms with Crippen molar-refractivity contribution in [2.24, 2.45) is 0 Å². The number of nitrogen functional groups attached to an aromatic ring is 1. The molecule has 0 aliphatic rings. The van der Waals surface area contributed by atoms with Gasteiger partial charge >= 0.3 is 6.18 Å². The van der Waals surface area contributed by atoms with Gasteiger partial charge in [-0.1, -0.05) is 6.92 Å². The van der Waals surface area contributed by atoms with Crippen LogP contribution in [0.15, 0.2) is 6.07 Å². The number of hydrogen-bond donors (Lipinski definition) is 3. The molecule has 0 spiro atoms. The molecule has 0 saturated heterocycles. The molecule has 0 atom stereocenters. The van der Waals surface area contributed by atoms with Crippen LogP contribution in [0.3, 0.4) is 0 Å². The van der Waals surface area contributed by atoms with Gasteiger partial charge in [-0.2, -0.15) is 13.2 Å². The molecule has 0 saturated carbocycles. The summed E-state index contributed by atoms with van der Waals surface area (Å²) in [6, 6.07) is 1.18. The van der Waals surface area contributed by atoms with Crippen LogP contribution in [0, 0.1) is 0 Å². The summed E-state index contributed by atoms with van der Waals surface area (Å²) in [6.45, 7) is 2.64. The Kier molecular flexibility index (Phi) is 5.53. The van der Waals surface area contributed by atoms with Crippen LogP contribution in [0.25, 0.3) is 0 Å². The lowest BCUT2D eigenvalue weighted by atomic mass is 10.3. The first-order valence-electron chi connectivity index (χ1n) is 6.05. The molecule has 0 aliphatic heterocycles. The number of nitrogens with one attached hydrogen (secondary N) is 2. The maximum absolute atomic E-state index is 12.5. The van der Waals surface area contributed by atoms with Gasteiger partial charge in [0.15, 0.2) is 0 Å². The summed E-state index contributed by atoms with van der Waals surface area (Å²) in [4.78, 5) is 17.7. The summed E-state index contributed by atoms with van der Waals surface area (Å²) in [7, 11) is 0. The molecule has 20 heavy (non-hydrogen) atoms. The topological polar surface area (TPSA) is 92.9 Å². The Bertz CT molecular complexity index is 464. The molecule has 0 aliphatic carbocycles. The summed E-state index contributed by atoms with van der Waals surface area (Å²) in [5.74, 6) is -1.84. The van der Waals surface area contributed by atoms with Gasteiger partial charge in [0.05, 0.1) is 0 Å². The van der Waals surface area contributed by atoms with E-state index in [9.17, 15) is 18.0 Å². The van der Waals surface area contributed by atoms with E-state index in [1.54, 1.807) is 0 Å². The second kappa shape index (κ2) is 6.92. The van der Waals surface area contributed by atoms with E-state index in [2.05, 4.69) is 20.6 Å². The first-order valence-corrected chi connectivity index (χ1v) is 6.05. The predicted molar refractivity (Wildman–Crippen MR) is 67.9 cm³/mol. The Hall–Kier alpha value is -2.06. The lowest BCUT2D eigenvalue weighted by Crippen LogP contribution is -2.26. The molecule has 4 N–H and O–H groups in total. The predicted octanol–water partition coefficient (Wildman–Crippen LogP) is 1.41. The molecular weight excluding hydrogens is 275 g/mol. The average molecular weight is 291 g/mol. The number of alkyl halides is 3. The zero-order valence-electron chi connectivity index (χ0n) is 10.9. The summed E-state index contributed by atoms with van der Waals surface area (Å²) in [5.41, 5.74) is 5.28. The molecular formula is C11H16F3N5O. The molecule has 6 nitrogen and oxygen atoms in total. The minimum absolute atomic E-state index is 0.0619. The Morgan fingerprint density at radius 3 is 2.65 bits per heavy atom. The average Bonchev–Trinajstić information content (AvgIpc) is 2.34. The van der Waals surface area contributed by atoms with Crippen LogP contribution in [0.4, 0.5) is 24.8 Å². The van der Waals surface area contributed by atoms with Crippen LogP contribution in [0.2, 0.25) is 0 Å². The van der Waals surface area contributed by atoms with Crippen molar-refractivity contribution in [2.45, 2.75) is 25.9 Å². The van der Waals surface area contributed by atoms with E-state index in [1.165, 1.54) is 6.07 Å². The monoisotopic (exact) mass is 291 g/mol. The summed E-state index contributed by atoms with van der Waals surface area (Å²) < 4.78 is 37.4. The van der Waals surface area contributed by atoms with Gasteiger partial charge in [-0.25, -0.2) is 9.97 Å². The molecule has 0 radical (unpaired) electrons. The van der Waals surface area contributed by atoms with E-state index in [-0.39, 0.29) is 30.5 Å². The fraction of sp³-hybridized carbons (Fsp3) is 0.545. The van der Waals surface area contributed by atoms with Crippen molar-refractivity contribution in [3.8, 4) is 0 Å². The second-order valence-corrected chi connectivity index (χ2v) is 4.03. The van der Waals surface area contributed by atoms with Crippen LogP contribution in [-0.4, -0.2) is 29.0 Å². The normalized spacial score (nSPS) is 11.2. The highest BCUT2D eigenvalue weighted by molar-refractivity contribution is 5.76. The summed E-state index contributed by atoms with van der Waals surface area (Å²) in [5, 5.41) is 5.26. The zero-order valence-corrected chi connectivity index (χ0v) is 10.9. The van der Waals surface area contributed by atoms with Crippen molar-refractivity contribution in [3.05, 3.63) is 11.9 Å². The third-order valence-electron chi connectivity index (χ3n) is 2.23. The fourth-order valence-corrected chi connectivity index (χ4v) is 1.34. The lowest BCUT2D eigenvalue weighted by Gasteiger charge is -2.10. The van der Waals surface area contributed by atoms with Crippen molar-refractivity contribution in [2.75, 3.05) is 24.1 Å². The third kappa shape index (κ3) is 5.29. The molecule has 0 bridgehead atoms. The smallest absolute Gasteiger partial charge is 0.384 e. The molecule has 9 heteroatoms. The van der Waals surface area contributed by atoms with Crippen molar-refractivity contribution in [3.63, 3.8) is 0 Å². The van der Waals surface area contributed by atoms with Gasteiger partial charge in [0.1, 0.15) is 11.6 Å². The highest BCUT2D eigenvalue weighted by atomic mass is 19.4. The number of rotatable bonds is 6. The Labute approximate surface area is 114 Å². The van der Waals surface area contributed by atoms with Crippen LogP contribution < -0.4 is 16.4 Å². The molecule has 0 aromatic carbocycles. The lowest BCUT2D eigenvalue weighted by molar-refractivity contribution is -0.144. The number of nitrogens with zero attached hydrogens (tertiary/aromatic N) is 2. The van der Waals surface area contributed by atoms with Crippen LogP contribution in [0.5, 0.6) is 0 Å². The van der Waals surface area contributed by atoms with Crippen LogP contribution in [0.1, 0.15) is 25.6 Å². The highest BCUT2D eigenvalue weighted by Gasteiger charge is 2.35. The number of carbonyl (C=O) groups excluding carboxylic acids is 1. The minimum atomic E-state index is -4.66. The molecule has 1 heterocycles. The first-order chi connectivity index (χ1) is 9.32. The quantitative estimate of drug-likeness (QED) is 0.737. The van der Waals surface area contributed by atoms with Gasteiger partial charge in [-0.05, 0) is 6.42 Å². The van der Waals surface area contributed by atoms with Crippen molar-refractivity contribution < 1.29 is 18.0 Å². The Morgan fingerprint density at radius 1 is 1.35 bits per heavy atom. The Balaban J connectivity index is 2.56. The van der Waals surface area contributed by atoms with Gasteiger partial charge in [0, 0.05) is 25.6 Å². The maximum Gasteiger partial charge on any atom is 0.451 e. The fourth-order valence-electron chi connectivity index (χ4n) is 1.34. The van der Waals surface area contributed by atoms with Crippen molar-refractivity contribution >= 4 is 17.5 Å². The van der Waals surface area contributed by atoms with Crippen molar-refractivity contribution in [1.82, 2.24) is 15.3 Å². The molecule has 1 aromatic rings. The third-order valence-corrected chi connectivity index (χ3v) is 2.23. The van der Waals surface area contributed by atoms with E-state index < -0.39 is 12.0 Å². The van der Waals surface area contributed by atoms with E-state index in [0.29, 0.717) is 6.54 Å². The zero-order chi connectivity index (χ0) is 15.2. The van der Waals surface area contributed by atoms with Crippen molar-refractivity contribution in [1.29, 1.82) is 0 Å². The summed E-state index contributed by atoms with van der Waals surface area (Å²) in [6.07, 6.45) is -3.72. The number of halogens is 3. The number of aromatic nitrogens is 2. The number of anilines is 2. The van der Waals surface area contributed by atoms with Gasteiger partial charge in [0.25, 0.3) is 0 Å². The molecule has 1 aromatic heterocycles. The molecule has 0 fully saturated rings. The molecule has 1 rings (SSSR count). The standard InChI is InChI=1S/C11H16F3N5O/c1-2-4-17-9(20)3-5-16-8-6-7(15)18-10(19-8)11(12,13)14/h6H,2-5H2,1H3,(H,17,20)(H3,15,16,18,19). The van der Waals surface area contributed by atoms with Gasteiger partial charge in [-0.15, -0.1) is 0 Å². The molecule has 0 unspecified atom stereocenters. The number of amides is 1. The molecule has 1 amide bonds. The van der Waals surface area contributed by atoms with Gasteiger partial charge in [-0.3, -0.25) is 4.79 Å². The SMILES string of the molecule is CCCNC(=O)CCNc1cc(N)nc(C(F)(F)F)n1. The number of carbonyl (C=O) groups is 1. The van der Waals surface area contributed by atoms with E-state index in [4.69, 9.17) is 5.73 Å². The number of nitrogens with two attached hydrogens (primary N) is 1. The van der Waals surface area contributed by atoms with E-state index in [1.807, 2.05) is 6.92 Å². The number of hydrogen-bond acceptors (Lipinski definition) is 5. The maximum atomic E-state index is 12.5. The van der Waals surface area contributed by atoms with Crippen LogP contribution in [-0.2, 0) is 11.0 Å². The van der Waals surface area contributed by atoms with Gasteiger partial charge in [0.2, 0.25) is 11.7 Å². The Morgan fingerprint density at radius 2 is 2.05 bits per heavy atom.